The Morgan fingerprint density at radius 2 is 0.758 bits per heavy atom. The van der Waals surface area contributed by atoms with Crippen LogP contribution in [0.4, 0.5) is 28.4 Å². The van der Waals surface area contributed by atoms with E-state index >= 15 is 0 Å². The highest BCUT2D eigenvalue weighted by molar-refractivity contribution is 5.87. The quantitative estimate of drug-likeness (QED) is 0.304. The number of nitrogen functional groups attached to an aromatic ring is 1. The first kappa shape index (κ1) is 24.7. The Hall–Kier alpha value is -2.94. The molecule has 3 nitrogen and oxygen atoms in total. The van der Waals surface area contributed by atoms with Gasteiger partial charge in [0, 0.05) is 11.4 Å². The Morgan fingerprint density at radius 1 is 0.485 bits per heavy atom. The van der Waals surface area contributed by atoms with E-state index in [2.05, 4.69) is 121 Å². The van der Waals surface area contributed by atoms with Gasteiger partial charge in [0.05, 0.1) is 17.1 Å². The molecule has 176 valence electrons. The number of hydrogen-bond acceptors (Lipinski definition) is 3. The molecule has 4 N–H and O–H groups in total. The zero-order valence-electron chi connectivity index (χ0n) is 21.6. The fourth-order valence-electron chi connectivity index (χ4n) is 4.44. The summed E-state index contributed by atoms with van der Waals surface area (Å²) in [5, 5.41) is 7.42. The molecule has 0 atom stereocenters. The molecule has 0 unspecified atom stereocenters. The highest BCUT2D eigenvalue weighted by Crippen LogP contribution is 2.40. The van der Waals surface area contributed by atoms with E-state index in [9.17, 15) is 0 Å². The molecule has 0 saturated carbocycles. The molecular formula is C30H41N3. The van der Waals surface area contributed by atoms with Gasteiger partial charge in [-0.3, -0.25) is 0 Å². The van der Waals surface area contributed by atoms with Crippen LogP contribution in [0, 0.1) is 0 Å². The van der Waals surface area contributed by atoms with Crippen LogP contribution >= 0.6 is 0 Å². The molecule has 3 rings (SSSR count). The summed E-state index contributed by atoms with van der Waals surface area (Å²) in [5.74, 6) is 1.67. The molecule has 0 saturated heterocycles. The van der Waals surface area contributed by atoms with Crippen LogP contribution in [-0.2, 0) is 0 Å². The molecule has 33 heavy (non-hydrogen) atoms. The molecule has 0 fully saturated rings. The van der Waals surface area contributed by atoms with Gasteiger partial charge in [-0.1, -0.05) is 97.9 Å². The van der Waals surface area contributed by atoms with Crippen molar-refractivity contribution in [3.63, 3.8) is 0 Å². The maximum atomic E-state index is 6.76. The van der Waals surface area contributed by atoms with Crippen molar-refractivity contribution in [1.82, 2.24) is 0 Å². The van der Waals surface area contributed by atoms with Crippen molar-refractivity contribution in [2.45, 2.75) is 79.1 Å². The predicted octanol–water partition coefficient (Wildman–Crippen LogP) is 9.25. The lowest BCUT2D eigenvalue weighted by Gasteiger charge is -2.24. The van der Waals surface area contributed by atoms with Crippen molar-refractivity contribution in [3.8, 4) is 0 Å². The van der Waals surface area contributed by atoms with Crippen LogP contribution in [0.2, 0.25) is 0 Å². The minimum atomic E-state index is 0.417. The average Bonchev–Trinajstić information content (AvgIpc) is 2.76. The monoisotopic (exact) mass is 443 g/mol. The normalized spacial score (nSPS) is 11.6. The van der Waals surface area contributed by atoms with Crippen LogP contribution < -0.4 is 16.4 Å². The second-order valence-corrected chi connectivity index (χ2v) is 10.3. The Balaban J connectivity index is 2.06. The highest BCUT2D eigenvalue weighted by Gasteiger charge is 2.18. The van der Waals surface area contributed by atoms with Crippen LogP contribution in [0.3, 0.4) is 0 Å². The predicted molar refractivity (Wildman–Crippen MR) is 147 cm³/mol. The number of nitrogens with two attached hydrogens (primary N) is 1. The molecule has 3 aromatic carbocycles. The Bertz CT molecular complexity index is 957. The van der Waals surface area contributed by atoms with Crippen molar-refractivity contribution in [2.24, 2.45) is 0 Å². The topological polar surface area (TPSA) is 50.1 Å². The molecule has 0 heterocycles. The molecule has 0 radical (unpaired) electrons. The average molecular weight is 444 g/mol. The van der Waals surface area contributed by atoms with Gasteiger partial charge < -0.3 is 16.4 Å². The van der Waals surface area contributed by atoms with Crippen LogP contribution in [0.5, 0.6) is 0 Å². The second-order valence-electron chi connectivity index (χ2n) is 10.3. The molecule has 0 amide bonds. The molecular weight excluding hydrogens is 402 g/mol. The van der Waals surface area contributed by atoms with Crippen molar-refractivity contribution in [3.05, 3.63) is 76.9 Å². The van der Waals surface area contributed by atoms with Crippen LogP contribution in [0.1, 0.15) is 101 Å². The number of hydrogen-bond donors (Lipinski definition) is 3. The minimum Gasteiger partial charge on any atom is -0.395 e. The third-order valence-corrected chi connectivity index (χ3v) is 6.37. The number of rotatable bonds is 8. The summed E-state index contributed by atoms with van der Waals surface area (Å²) in [7, 11) is 0. The minimum absolute atomic E-state index is 0.417. The first-order valence-corrected chi connectivity index (χ1v) is 12.3. The SMILES string of the molecule is CC(C)c1cccc(C(C)C)c1Nc1cccc(Nc2c(C(C)C)cccc2C(C)C)c1N. The van der Waals surface area contributed by atoms with Gasteiger partial charge >= 0.3 is 0 Å². The third-order valence-electron chi connectivity index (χ3n) is 6.37. The Kier molecular flexibility index (Phi) is 7.73. The zero-order valence-corrected chi connectivity index (χ0v) is 21.6. The standard InChI is InChI=1S/C30H41N3/c1-18(2)22-12-9-13-23(19(3)4)29(22)32-26-16-11-17-27(28(26)31)33-30-24(20(5)6)14-10-15-25(30)21(7)8/h9-21,32-33H,31H2,1-8H3. The lowest BCUT2D eigenvalue weighted by Crippen LogP contribution is -2.08. The van der Waals surface area contributed by atoms with Crippen LogP contribution in [-0.4, -0.2) is 0 Å². The number of para-hydroxylation sites is 3. The summed E-state index contributed by atoms with van der Waals surface area (Å²) < 4.78 is 0. The van der Waals surface area contributed by atoms with Crippen molar-refractivity contribution < 1.29 is 0 Å². The molecule has 0 bridgehead atoms. The van der Waals surface area contributed by atoms with E-state index in [-0.39, 0.29) is 0 Å². The molecule has 0 aliphatic heterocycles. The van der Waals surface area contributed by atoms with E-state index in [1.807, 2.05) is 0 Å². The molecule has 0 aliphatic rings. The smallest absolute Gasteiger partial charge is 0.0792 e. The van der Waals surface area contributed by atoms with Gasteiger partial charge in [-0.2, -0.15) is 0 Å². The molecule has 3 heteroatoms. The Morgan fingerprint density at radius 3 is 1.03 bits per heavy atom. The Labute approximate surface area is 200 Å². The zero-order chi connectivity index (χ0) is 24.3. The maximum absolute atomic E-state index is 6.76. The van der Waals surface area contributed by atoms with E-state index in [4.69, 9.17) is 5.73 Å². The lowest BCUT2D eigenvalue weighted by atomic mass is 9.92. The highest BCUT2D eigenvalue weighted by atomic mass is 15.0. The summed E-state index contributed by atoms with van der Waals surface area (Å²) >= 11 is 0. The van der Waals surface area contributed by atoms with Gasteiger partial charge in [0.2, 0.25) is 0 Å². The van der Waals surface area contributed by atoms with E-state index in [0.717, 1.165) is 17.1 Å². The fraction of sp³-hybridized carbons (Fsp3) is 0.400. The van der Waals surface area contributed by atoms with Gasteiger partial charge in [0.15, 0.2) is 0 Å². The summed E-state index contributed by atoms with van der Waals surface area (Å²) in [4.78, 5) is 0. The molecule has 0 aromatic heterocycles. The van der Waals surface area contributed by atoms with Gasteiger partial charge in [0.1, 0.15) is 0 Å². The summed E-state index contributed by atoms with van der Waals surface area (Å²) in [6.45, 7) is 17.9. The van der Waals surface area contributed by atoms with Crippen LogP contribution in [0.25, 0.3) is 0 Å². The van der Waals surface area contributed by atoms with Gasteiger partial charge in [-0.15, -0.1) is 0 Å². The fourth-order valence-corrected chi connectivity index (χ4v) is 4.44. The third kappa shape index (κ3) is 5.35. The molecule has 0 aliphatic carbocycles. The number of benzene rings is 3. The molecule has 0 spiro atoms. The number of anilines is 5. The lowest BCUT2D eigenvalue weighted by molar-refractivity contribution is 0.838. The first-order chi connectivity index (χ1) is 15.6. The van der Waals surface area contributed by atoms with Crippen LogP contribution in [0.15, 0.2) is 54.6 Å². The van der Waals surface area contributed by atoms with Crippen molar-refractivity contribution >= 4 is 28.4 Å². The summed E-state index contributed by atoms with van der Waals surface area (Å²) in [5.41, 5.74) is 17.0. The summed E-state index contributed by atoms with van der Waals surface area (Å²) in [6, 6.07) is 19.4. The number of nitrogens with one attached hydrogen (secondary N) is 2. The largest absolute Gasteiger partial charge is 0.395 e. The first-order valence-electron chi connectivity index (χ1n) is 12.3. The maximum Gasteiger partial charge on any atom is 0.0792 e. The van der Waals surface area contributed by atoms with Gasteiger partial charge in [0.25, 0.3) is 0 Å². The van der Waals surface area contributed by atoms with Gasteiger partial charge in [-0.25, -0.2) is 0 Å². The molecule has 3 aromatic rings. The van der Waals surface area contributed by atoms with E-state index in [1.165, 1.54) is 33.6 Å². The second kappa shape index (κ2) is 10.3. The van der Waals surface area contributed by atoms with E-state index in [1.54, 1.807) is 0 Å². The van der Waals surface area contributed by atoms with Crippen molar-refractivity contribution in [2.75, 3.05) is 16.4 Å². The van der Waals surface area contributed by atoms with E-state index < -0.39 is 0 Å². The van der Waals surface area contributed by atoms with Crippen molar-refractivity contribution in [1.29, 1.82) is 0 Å². The summed E-state index contributed by atoms with van der Waals surface area (Å²) in [6.07, 6.45) is 0. The van der Waals surface area contributed by atoms with Gasteiger partial charge in [-0.05, 0) is 58.1 Å². The van der Waals surface area contributed by atoms with E-state index in [0.29, 0.717) is 23.7 Å².